The summed E-state index contributed by atoms with van der Waals surface area (Å²) < 4.78 is 0. The Balaban J connectivity index is 0.00000102. The summed E-state index contributed by atoms with van der Waals surface area (Å²) in [5, 5.41) is 12.0. The van der Waals surface area contributed by atoms with Crippen LogP contribution in [0.25, 0.3) is 11.1 Å². The van der Waals surface area contributed by atoms with Crippen molar-refractivity contribution in [2.24, 2.45) is 0 Å². The van der Waals surface area contributed by atoms with Crippen molar-refractivity contribution in [2.45, 2.75) is 33.0 Å². The molecular formula is C17H21BrClNO2. The van der Waals surface area contributed by atoms with Gasteiger partial charge in [-0.3, -0.25) is 10.1 Å². The van der Waals surface area contributed by atoms with Crippen LogP contribution in [-0.4, -0.2) is 4.92 Å². The van der Waals surface area contributed by atoms with Gasteiger partial charge in [0, 0.05) is 22.5 Å². The largest absolute Gasteiger partial charge is 0.269 e. The third-order valence-corrected chi connectivity index (χ3v) is 3.45. The van der Waals surface area contributed by atoms with Crippen LogP contribution in [0.4, 0.5) is 5.69 Å². The molecule has 0 saturated carbocycles. The number of hydrogen-bond acceptors (Lipinski definition) is 2. The lowest BCUT2D eigenvalue weighted by molar-refractivity contribution is -0.384. The van der Waals surface area contributed by atoms with Crippen LogP contribution in [-0.2, 0) is 5.33 Å². The normalized spacial score (nSPS) is 9.00. The molecule has 0 fully saturated rings. The third-order valence-electron chi connectivity index (χ3n) is 2.60. The molecule has 0 bridgehead atoms. The summed E-state index contributed by atoms with van der Waals surface area (Å²) in [5.41, 5.74) is 2.94. The van der Waals surface area contributed by atoms with Crippen molar-refractivity contribution in [2.75, 3.05) is 0 Å². The van der Waals surface area contributed by atoms with Crippen LogP contribution >= 0.6 is 27.5 Å². The number of non-ortho nitro benzene ring substituents is 1. The first-order chi connectivity index (χ1) is 10.6. The number of nitrogens with zero attached hydrogens (tertiary/aromatic N) is 1. The van der Waals surface area contributed by atoms with E-state index in [1.54, 1.807) is 24.3 Å². The van der Waals surface area contributed by atoms with Gasteiger partial charge in [-0.2, -0.15) is 0 Å². The lowest BCUT2D eigenvalue weighted by Crippen LogP contribution is -1.92. The molecule has 120 valence electrons. The lowest BCUT2D eigenvalue weighted by atomic mass is 10.0. The Morgan fingerprint density at radius 3 is 2.05 bits per heavy atom. The molecule has 0 heterocycles. The van der Waals surface area contributed by atoms with Gasteiger partial charge in [0.25, 0.3) is 5.69 Å². The Labute approximate surface area is 145 Å². The van der Waals surface area contributed by atoms with Crippen molar-refractivity contribution >= 4 is 33.2 Å². The Bertz CT molecular complexity index is 586. The number of alkyl halides is 1. The molecule has 0 N–H and O–H groups in total. The summed E-state index contributed by atoms with van der Waals surface area (Å²) in [5.74, 6) is 0. The van der Waals surface area contributed by atoms with Crippen LogP contribution in [0.3, 0.4) is 0 Å². The number of nitro benzene ring substituents is 1. The first-order valence-corrected chi connectivity index (χ1v) is 8.71. The second-order valence-corrected chi connectivity index (χ2v) is 4.74. The summed E-state index contributed by atoms with van der Waals surface area (Å²) in [4.78, 5) is 10.3. The van der Waals surface area contributed by atoms with Gasteiger partial charge in [-0.25, -0.2) is 0 Å². The zero-order valence-corrected chi connectivity index (χ0v) is 15.6. The van der Waals surface area contributed by atoms with E-state index in [9.17, 15) is 10.1 Å². The quantitative estimate of drug-likeness (QED) is 0.328. The first kappa shape index (κ1) is 20.6. The van der Waals surface area contributed by atoms with E-state index in [4.69, 9.17) is 11.6 Å². The minimum atomic E-state index is -0.391. The van der Waals surface area contributed by atoms with Crippen LogP contribution in [0, 0.1) is 10.1 Å². The van der Waals surface area contributed by atoms with Gasteiger partial charge in [0.15, 0.2) is 0 Å². The fraction of sp³-hybridized carbons (Fsp3) is 0.294. The lowest BCUT2D eigenvalue weighted by Gasteiger charge is -2.07. The molecule has 0 spiro atoms. The molecule has 3 nitrogen and oxygen atoms in total. The predicted octanol–water partition coefficient (Wildman–Crippen LogP) is 6.86. The molecule has 0 aliphatic heterocycles. The smallest absolute Gasteiger partial charge is 0.258 e. The number of benzene rings is 2. The average Bonchev–Trinajstić information content (AvgIpc) is 2.58. The van der Waals surface area contributed by atoms with Crippen LogP contribution in [0.15, 0.2) is 42.5 Å². The summed E-state index contributed by atoms with van der Waals surface area (Å²) in [7, 11) is 0. The predicted molar refractivity (Wildman–Crippen MR) is 98.9 cm³/mol. The van der Waals surface area contributed by atoms with E-state index in [2.05, 4.69) is 15.9 Å². The van der Waals surface area contributed by atoms with Gasteiger partial charge in [0.05, 0.1) is 4.92 Å². The third kappa shape index (κ3) is 5.78. The fourth-order valence-electron chi connectivity index (χ4n) is 1.72. The molecule has 0 saturated heterocycles. The SMILES string of the molecule is CC.CC.O=[N+]([O-])c1ccc(-c2ccc(Cl)cc2)c(CBr)c1. The number of hydrogen-bond donors (Lipinski definition) is 0. The number of rotatable bonds is 3. The van der Waals surface area contributed by atoms with Gasteiger partial charge in [-0.05, 0) is 34.9 Å². The molecule has 22 heavy (non-hydrogen) atoms. The molecular weight excluding hydrogens is 366 g/mol. The van der Waals surface area contributed by atoms with E-state index in [1.807, 2.05) is 39.8 Å². The van der Waals surface area contributed by atoms with Crippen LogP contribution < -0.4 is 0 Å². The van der Waals surface area contributed by atoms with Gasteiger partial charge < -0.3 is 0 Å². The molecule has 0 radical (unpaired) electrons. The summed E-state index contributed by atoms with van der Waals surface area (Å²) in [6, 6.07) is 12.3. The molecule has 0 aromatic heterocycles. The maximum absolute atomic E-state index is 10.7. The van der Waals surface area contributed by atoms with E-state index in [1.165, 1.54) is 6.07 Å². The highest BCUT2D eigenvalue weighted by atomic mass is 79.9. The molecule has 2 rings (SSSR count). The number of halogens is 2. The molecule has 0 aliphatic rings. The second-order valence-electron chi connectivity index (χ2n) is 3.74. The zero-order chi connectivity index (χ0) is 17.1. The molecule has 2 aromatic rings. The van der Waals surface area contributed by atoms with Crippen LogP contribution in [0.1, 0.15) is 33.3 Å². The summed E-state index contributed by atoms with van der Waals surface area (Å²) in [6.45, 7) is 8.00. The van der Waals surface area contributed by atoms with Gasteiger partial charge in [-0.1, -0.05) is 67.4 Å². The topological polar surface area (TPSA) is 43.1 Å². The Morgan fingerprint density at radius 2 is 1.59 bits per heavy atom. The van der Waals surface area contributed by atoms with E-state index in [-0.39, 0.29) is 5.69 Å². The van der Waals surface area contributed by atoms with Crippen molar-refractivity contribution in [3.8, 4) is 11.1 Å². The van der Waals surface area contributed by atoms with Gasteiger partial charge in [-0.15, -0.1) is 0 Å². The Kier molecular flexibility index (Phi) is 10.5. The maximum atomic E-state index is 10.7. The highest BCUT2D eigenvalue weighted by Crippen LogP contribution is 2.29. The highest BCUT2D eigenvalue weighted by Gasteiger charge is 2.11. The molecule has 0 aliphatic carbocycles. The van der Waals surface area contributed by atoms with Crippen molar-refractivity contribution in [1.29, 1.82) is 0 Å². The molecule has 0 unspecified atom stereocenters. The molecule has 5 heteroatoms. The van der Waals surface area contributed by atoms with Crippen LogP contribution in [0.2, 0.25) is 5.02 Å². The zero-order valence-electron chi connectivity index (χ0n) is 13.3. The van der Waals surface area contributed by atoms with Crippen LogP contribution in [0.5, 0.6) is 0 Å². The van der Waals surface area contributed by atoms with E-state index >= 15 is 0 Å². The van der Waals surface area contributed by atoms with Crippen molar-refractivity contribution in [3.63, 3.8) is 0 Å². The summed E-state index contributed by atoms with van der Waals surface area (Å²) in [6.07, 6.45) is 0. The highest BCUT2D eigenvalue weighted by molar-refractivity contribution is 9.08. The summed E-state index contributed by atoms with van der Waals surface area (Å²) >= 11 is 9.20. The van der Waals surface area contributed by atoms with Gasteiger partial charge in [0.1, 0.15) is 0 Å². The van der Waals surface area contributed by atoms with E-state index in [0.717, 1.165) is 16.7 Å². The minimum absolute atomic E-state index is 0.0992. The monoisotopic (exact) mass is 385 g/mol. The molecule has 0 atom stereocenters. The van der Waals surface area contributed by atoms with Crippen molar-refractivity contribution < 1.29 is 4.92 Å². The van der Waals surface area contributed by atoms with E-state index < -0.39 is 4.92 Å². The Hall–Kier alpha value is -1.39. The first-order valence-electron chi connectivity index (χ1n) is 7.21. The van der Waals surface area contributed by atoms with E-state index in [0.29, 0.717) is 10.4 Å². The fourth-order valence-corrected chi connectivity index (χ4v) is 2.31. The number of nitro groups is 1. The van der Waals surface area contributed by atoms with Gasteiger partial charge >= 0.3 is 0 Å². The molecule has 2 aromatic carbocycles. The van der Waals surface area contributed by atoms with Crippen molar-refractivity contribution in [1.82, 2.24) is 0 Å². The standard InChI is InChI=1S/C13H9BrClNO2.2C2H6/c14-8-10-7-12(16(17)18)5-6-13(10)9-1-3-11(15)4-2-9;2*1-2/h1-7H,8H2;2*1-2H3. The average molecular weight is 387 g/mol. The second kappa shape index (κ2) is 11.2. The maximum Gasteiger partial charge on any atom is 0.269 e. The van der Waals surface area contributed by atoms with Gasteiger partial charge in [0.2, 0.25) is 0 Å². The Morgan fingerprint density at radius 1 is 1.05 bits per heavy atom. The van der Waals surface area contributed by atoms with Crippen molar-refractivity contribution in [3.05, 3.63) is 63.2 Å². The molecule has 0 amide bonds. The minimum Gasteiger partial charge on any atom is -0.258 e.